The van der Waals surface area contributed by atoms with Gasteiger partial charge in [0.15, 0.2) is 0 Å². The molecule has 0 spiro atoms. The van der Waals surface area contributed by atoms with Crippen LogP contribution in [0.15, 0.2) is 48.7 Å². The molecule has 0 amide bonds. The van der Waals surface area contributed by atoms with Gasteiger partial charge in [-0.2, -0.15) is 0 Å². The lowest BCUT2D eigenvalue weighted by atomic mass is 10.2. The first-order valence-electron chi connectivity index (χ1n) is 9.59. The number of hydrogen-bond donors (Lipinski definition) is 1. The smallest absolute Gasteiger partial charge is 0.330 e. The molecule has 1 fully saturated rings. The molecule has 0 radical (unpaired) electrons. The van der Waals surface area contributed by atoms with E-state index in [-0.39, 0.29) is 5.97 Å². The SMILES string of the molecule is CCOC(=O)/C=C/c1ccc(N[C@@H]2CCN(Cc3ccc(OC)cc3)C2)nc1. The number of nitrogens with zero attached hydrogens (tertiary/aromatic N) is 2. The van der Waals surface area contributed by atoms with E-state index in [4.69, 9.17) is 9.47 Å². The van der Waals surface area contributed by atoms with Crippen LogP contribution in [0.4, 0.5) is 5.82 Å². The van der Waals surface area contributed by atoms with Gasteiger partial charge in [-0.15, -0.1) is 0 Å². The van der Waals surface area contributed by atoms with Gasteiger partial charge in [-0.05, 0) is 54.8 Å². The van der Waals surface area contributed by atoms with Crippen molar-refractivity contribution < 1.29 is 14.3 Å². The number of likely N-dealkylation sites (tertiary alicyclic amines) is 1. The first-order valence-corrected chi connectivity index (χ1v) is 9.59. The summed E-state index contributed by atoms with van der Waals surface area (Å²) in [6, 6.07) is 12.5. The summed E-state index contributed by atoms with van der Waals surface area (Å²) in [7, 11) is 1.68. The fraction of sp³-hybridized carbons (Fsp3) is 0.364. The highest BCUT2D eigenvalue weighted by Crippen LogP contribution is 2.19. The summed E-state index contributed by atoms with van der Waals surface area (Å²) in [5, 5.41) is 3.50. The van der Waals surface area contributed by atoms with Gasteiger partial charge in [-0.25, -0.2) is 9.78 Å². The number of nitrogens with one attached hydrogen (secondary N) is 1. The first-order chi connectivity index (χ1) is 13.7. The number of carbonyl (C=O) groups is 1. The van der Waals surface area contributed by atoms with Crippen molar-refractivity contribution in [2.45, 2.75) is 25.9 Å². The third kappa shape index (κ3) is 5.82. The summed E-state index contributed by atoms with van der Waals surface area (Å²) in [6.07, 6.45) is 5.97. The van der Waals surface area contributed by atoms with Crippen LogP contribution >= 0.6 is 0 Å². The molecular weight excluding hydrogens is 354 g/mol. The van der Waals surface area contributed by atoms with Crippen LogP contribution in [0.25, 0.3) is 6.08 Å². The van der Waals surface area contributed by atoms with Crippen molar-refractivity contribution in [3.8, 4) is 5.75 Å². The quantitative estimate of drug-likeness (QED) is 0.559. The van der Waals surface area contributed by atoms with Crippen molar-refractivity contribution in [3.63, 3.8) is 0 Å². The van der Waals surface area contributed by atoms with Crippen molar-refractivity contribution in [1.29, 1.82) is 0 Å². The maximum atomic E-state index is 11.4. The molecule has 1 aliphatic heterocycles. The van der Waals surface area contributed by atoms with Gasteiger partial charge in [0.1, 0.15) is 11.6 Å². The van der Waals surface area contributed by atoms with Crippen LogP contribution in [0, 0.1) is 0 Å². The van der Waals surface area contributed by atoms with Gasteiger partial charge in [0.05, 0.1) is 13.7 Å². The van der Waals surface area contributed by atoms with Crippen LogP contribution in [0.3, 0.4) is 0 Å². The van der Waals surface area contributed by atoms with Gasteiger partial charge in [0.2, 0.25) is 0 Å². The standard InChI is InChI=1S/C22H27N3O3/c1-3-28-22(26)11-7-17-6-10-21(23-14-17)24-19-12-13-25(16-19)15-18-4-8-20(27-2)9-5-18/h4-11,14,19H,3,12-13,15-16H2,1-2H3,(H,23,24)/b11-7+/t19-/m1/s1. The fourth-order valence-corrected chi connectivity index (χ4v) is 3.24. The molecule has 1 aromatic heterocycles. The number of pyridine rings is 1. The van der Waals surface area contributed by atoms with E-state index >= 15 is 0 Å². The molecule has 0 aliphatic carbocycles. The molecule has 148 valence electrons. The van der Waals surface area contributed by atoms with Gasteiger partial charge < -0.3 is 14.8 Å². The summed E-state index contributed by atoms with van der Waals surface area (Å²) in [6.45, 7) is 5.14. The minimum Gasteiger partial charge on any atom is -0.497 e. The molecule has 2 heterocycles. The first kappa shape index (κ1) is 19.9. The Morgan fingerprint density at radius 2 is 2.11 bits per heavy atom. The Bertz CT molecular complexity index is 788. The lowest BCUT2D eigenvalue weighted by molar-refractivity contribution is -0.137. The topological polar surface area (TPSA) is 63.7 Å². The highest BCUT2D eigenvalue weighted by Gasteiger charge is 2.22. The molecular formula is C22H27N3O3. The molecule has 28 heavy (non-hydrogen) atoms. The zero-order valence-corrected chi connectivity index (χ0v) is 16.4. The number of carbonyl (C=O) groups excluding carboxylic acids is 1. The van der Waals surface area contributed by atoms with Gasteiger partial charge in [-0.1, -0.05) is 12.1 Å². The highest BCUT2D eigenvalue weighted by atomic mass is 16.5. The third-order valence-corrected chi connectivity index (χ3v) is 4.67. The molecule has 6 nitrogen and oxygen atoms in total. The van der Waals surface area contributed by atoms with E-state index in [1.807, 2.05) is 24.3 Å². The molecule has 6 heteroatoms. The molecule has 1 atom stereocenters. The number of anilines is 1. The number of aromatic nitrogens is 1. The molecule has 1 saturated heterocycles. The number of ether oxygens (including phenoxy) is 2. The predicted octanol–water partition coefficient (Wildman–Crippen LogP) is 3.35. The Morgan fingerprint density at radius 1 is 1.29 bits per heavy atom. The Balaban J connectivity index is 1.47. The number of esters is 1. The second-order valence-electron chi connectivity index (χ2n) is 6.78. The monoisotopic (exact) mass is 381 g/mol. The van der Waals surface area contributed by atoms with Crippen LogP contribution in [0.5, 0.6) is 5.75 Å². The minimum atomic E-state index is -0.340. The van der Waals surface area contributed by atoms with Gasteiger partial charge in [0, 0.05) is 37.9 Å². The molecule has 0 saturated carbocycles. The van der Waals surface area contributed by atoms with Crippen molar-refractivity contribution in [3.05, 3.63) is 59.8 Å². The van der Waals surface area contributed by atoms with Crippen LogP contribution < -0.4 is 10.1 Å². The summed E-state index contributed by atoms with van der Waals surface area (Å²) >= 11 is 0. The maximum Gasteiger partial charge on any atom is 0.330 e. The highest BCUT2D eigenvalue weighted by molar-refractivity contribution is 5.86. The average Bonchev–Trinajstić information content (AvgIpc) is 3.15. The molecule has 2 aromatic rings. The zero-order chi connectivity index (χ0) is 19.8. The van der Waals surface area contributed by atoms with Crippen LogP contribution in [0.1, 0.15) is 24.5 Å². The molecule has 1 aromatic carbocycles. The van der Waals surface area contributed by atoms with E-state index < -0.39 is 0 Å². The maximum absolute atomic E-state index is 11.4. The molecule has 1 N–H and O–H groups in total. The molecule has 1 aliphatic rings. The van der Waals surface area contributed by atoms with E-state index in [1.165, 1.54) is 11.6 Å². The second kappa shape index (κ2) is 9.90. The van der Waals surface area contributed by atoms with E-state index in [1.54, 1.807) is 26.3 Å². The minimum absolute atomic E-state index is 0.340. The summed E-state index contributed by atoms with van der Waals surface area (Å²) in [4.78, 5) is 18.2. The Hall–Kier alpha value is -2.86. The lowest BCUT2D eigenvalue weighted by Crippen LogP contribution is -2.26. The number of hydrogen-bond acceptors (Lipinski definition) is 6. The van der Waals surface area contributed by atoms with Crippen molar-refractivity contribution >= 4 is 17.9 Å². The van der Waals surface area contributed by atoms with Crippen LogP contribution in [-0.2, 0) is 16.1 Å². The van der Waals surface area contributed by atoms with Crippen LogP contribution in [0.2, 0.25) is 0 Å². The third-order valence-electron chi connectivity index (χ3n) is 4.67. The summed E-state index contributed by atoms with van der Waals surface area (Å²) in [5.74, 6) is 1.40. The largest absolute Gasteiger partial charge is 0.497 e. The number of rotatable bonds is 8. The number of methoxy groups -OCH3 is 1. The molecule has 0 unspecified atom stereocenters. The second-order valence-corrected chi connectivity index (χ2v) is 6.78. The van der Waals surface area contributed by atoms with Crippen LogP contribution in [-0.4, -0.2) is 48.7 Å². The normalized spacial score (nSPS) is 17.0. The van der Waals surface area contributed by atoms with E-state index in [2.05, 4.69) is 27.3 Å². The number of benzene rings is 1. The van der Waals surface area contributed by atoms with Gasteiger partial charge >= 0.3 is 5.97 Å². The Kier molecular flexibility index (Phi) is 7.03. The molecule has 0 bridgehead atoms. The van der Waals surface area contributed by atoms with E-state index in [0.29, 0.717) is 12.6 Å². The average molecular weight is 381 g/mol. The summed E-state index contributed by atoms with van der Waals surface area (Å²) < 4.78 is 10.1. The van der Waals surface area contributed by atoms with Gasteiger partial charge in [-0.3, -0.25) is 4.90 Å². The van der Waals surface area contributed by atoms with Crippen molar-refractivity contribution in [2.24, 2.45) is 0 Å². The fourth-order valence-electron chi connectivity index (χ4n) is 3.24. The van der Waals surface area contributed by atoms with Crippen molar-refractivity contribution in [1.82, 2.24) is 9.88 Å². The van der Waals surface area contributed by atoms with Gasteiger partial charge in [0.25, 0.3) is 0 Å². The Morgan fingerprint density at radius 3 is 2.79 bits per heavy atom. The Labute approximate surface area is 166 Å². The predicted molar refractivity (Wildman–Crippen MR) is 110 cm³/mol. The van der Waals surface area contributed by atoms with E-state index in [0.717, 1.165) is 43.2 Å². The molecule has 3 rings (SSSR count). The van der Waals surface area contributed by atoms with Crippen molar-refractivity contribution in [2.75, 3.05) is 32.1 Å². The summed E-state index contributed by atoms with van der Waals surface area (Å²) in [5.41, 5.74) is 2.16. The zero-order valence-electron chi connectivity index (χ0n) is 16.4. The van der Waals surface area contributed by atoms with E-state index in [9.17, 15) is 4.79 Å². The lowest BCUT2D eigenvalue weighted by Gasteiger charge is -2.17.